The number of piperazine rings is 1. The van der Waals surface area contributed by atoms with Gasteiger partial charge in [0.2, 0.25) is 0 Å². The molecule has 168 valence electrons. The van der Waals surface area contributed by atoms with Crippen molar-refractivity contribution < 1.29 is 4.79 Å². The zero-order valence-electron chi connectivity index (χ0n) is 19.3. The highest BCUT2D eigenvalue weighted by Gasteiger charge is 2.18. The first-order valence-corrected chi connectivity index (χ1v) is 11.8. The molecule has 33 heavy (non-hydrogen) atoms. The fourth-order valence-corrected chi connectivity index (χ4v) is 4.69. The Morgan fingerprint density at radius 1 is 0.848 bits per heavy atom. The SMILES string of the molecule is CN1CCN(CC2=Cc3ccc(NC(=O)c4ccc(-c5ccccc5)cc4)cc3CC2)CC1. The average molecular weight is 438 g/mol. The molecule has 3 aromatic carbocycles. The van der Waals surface area contributed by atoms with E-state index in [1.54, 1.807) is 0 Å². The first kappa shape index (κ1) is 21.6. The average Bonchev–Trinajstić information content (AvgIpc) is 2.86. The molecule has 1 aliphatic carbocycles. The maximum atomic E-state index is 12.8. The van der Waals surface area contributed by atoms with Gasteiger partial charge in [0.1, 0.15) is 0 Å². The van der Waals surface area contributed by atoms with E-state index in [9.17, 15) is 4.79 Å². The van der Waals surface area contributed by atoms with Crippen molar-refractivity contribution in [3.63, 3.8) is 0 Å². The van der Waals surface area contributed by atoms with Crippen molar-refractivity contribution in [1.29, 1.82) is 0 Å². The van der Waals surface area contributed by atoms with E-state index in [4.69, 9.17) is 0 Å². The molecule has 1 amide bonds. The minimum atomic E-state index is -0.0725. The zero-order valence-corrected chi connectivity index (χ0v) is 19.3. The summed E-state index contributed by atoms with van der Waals surface area (Å²) in [5, 5.41) is 3.08. The molecule has 0 saturated carbocycles. The standard InChI is InChI=1S/C29H31N3O/c1-31-15-17-32(18-16-31)21-22-7-8-27-20-28(14-13-26(27)19-22)30-29(33)25-11-9-24(10-12-25)23-5-3-2-4-6-23/h2-6,9-14,19-20H,7-8,15-18,21H2,1H3,(H,30,33). The molecular formula is C29H31N3O. The van der Waals surface area contributed by atoms with Crippen LogP contribution < -0.4 is 5.32 Å². The number of hydrogen-bond donors (Lipinski definition) is 1. The molecule has 2 aliphatic rings. The van der Waals surface area contributed by atoms with Gasteiger partial charge in [-0.15, -0.1) is 0 Å². The molecule has 0 atom stereocenters. The predicted octanol–water partition coefficient (Wildman–Crippen LogP) is 5.18. The smallest absolute Gasteiger partial charge is 0.255 e. The number of amides is 1. The monoisotopic (exact) mass is 437 g/mol. The quantitative estimate of drug-likeness (QED) is 0.597. The van der Waals surface area contributed by atoms with Gasteiger partial charge in [0.25, 0.3) is 5.91 Å². The van der Waals surface area contributed by atoms with E-state index in [-0.39, 0.29) is 5.91 Å². The van der Waals surface area contributed by atoms with Crippen molar-refractivity contribution in [2.75, 3.05) is 45.1 Å². The number of benzene rings is 3. The van der Waals surface area contributed by atoms with E-state index < -0.39 is 0 Å². The van der Waals surface area contributed by atoms with Crippen molar-refractivity contribution in [2.24, 2.45) is 0 Å². The third kappa shape index (κ3) is 5.24. The van der Waals surface area contributed by atoms with Crippen molar-refractivity contribution >= 4 is 17.7 Å². The van der Waals surface area contributed by atoms with Crippen molar-refractivity contribution in [3.05, 3.63) is 95.1 Å². The van der Waals surface area contributed by atoms with E-state index in [0.29, 0.717) is 5.56 Å². The number of anilines is 1. The van der Waals surface area contributed by atoms with Gasteiger partial charge in [-0.1, -0.05) is 60.2 Å². The van der Waals surface area contributed by atoms with Crippen LogP contribution in [0.15, 0.2) is 78.4 Å². The molecule has 4 heteroatoms. The van der Waals surface area contributed by atoms with E-state index in [0.717, 1.165) is 62.4 Å². The largest absolute Gasteiger partial charge is 0.322 e. The molecule has 1 fully saturated rings. The molecule has 1 heterocycles. The van der Waals surface area contributed by atoms with Crippen LogP contribution >= 0.6 is 0 Å². The molecule has 0 aromatic heterocycles. The molecule has 0 spiro atoms. The van der Waals surface area contributed by atoms with Gasteiger partial charge in [-0.3, -0.25) is 9.69 Å². The number of hydrogen-bond acceptors (Lipinski definition) is 3. The summed E-state index contributed by atoms with van der Waals surface area (Å²) in [6, 6.07) is 24.3. The summed E-state index contributed by atoms with van der Waals surface area (Å²) in [6.45, 7) is 5.69. The van der Waals surface area contributed by atoms with Crippen LogP contribution in [0.4, 0.5) is 5.69 Å². The summed E-state index contributed by atoms with van der Waals surface area (Å²) < 4.78 is 0. The molecule has 4 nitrogen and oxygen atoms in total. The van der Waals surface area contributed by atoms with Gasteiger partial charge in [-0.2, -0.15) is 0 Å². The van der Waals surface area contributed by atoms with Crippen molar-refractivity contribution in [1.82, 2.24) is 9.80 Å². The van der Waals surface area contributed by atoms with Gasteiger partial charge in [-0.05, 0) is 66.4 Å². The van der Waals surface area contributed by atoms with E-state index in [1.165, 1.54) is 16.7 Å². The van der Waals surface area contributed by atoms with Crippen LogP contribution in [-0.2, 0) is 6.42 Å². The zero-order chi connectivity index (χ0) is 22.6. The predicted molar refractivity (Wildman–Crippen MR) is 137 cm³/mol. The Labute approximate surface area is 196 Å². The Morgan fingerprint density at radius 3 is 2.33 bits per heavy atom. The summed E-state index contributed by atoms with van der Waals surface area (Å²) in [5.41, 5.74) is 7.91. The maximum Gasteiger partial charge on any atom is 0.255 e. The lowest BCUT2D eigenvalue weighted by molar-refractivity contribution is 0.102. The number of nitrogens with zero attached hydrogens (tertiary/aromatic N) is 2. The number of carbonyl (C=O) groups is 1. The molecule has 1 aliphatic heterocycles. The lowest BCUT2D eigenvalue weighted by atomic mass is 9.91. The van der Waals surface area contributed by atoms with Crippen molar-refractivity contribution in [3.8, 4) is 11.1 Å². The van der Waals surface area contributed by atoms with Crippen LogP contribution in [0, 0.1) is 0 Å². The highest BCUT2D eigenvalue weighted by atomic mass is 16.1. The van der Waals surface area contributed by atoms with Crippen molar-refractivity contribution in [2.45, 2.75) is 12.8 Å². The summed E-state index contributed by atoms with van der Waals surface area (Å²) in [4.78, 5) is 17.8. The topological polar surface area (TPSA) is 35.6 Å². The van der Waals surface area contributed by atoms with Crippen LogP contribution in [0.5, 0.6) is 0 Å². The second-order valence-corrected chi connectivity index (χ2v) is 9.19. The minimum Gasteiger partial charge on any atom is -0.322 e. The Kier molecular flexibility index (Phi) is 6.38. The second-order valence-electron chi connectivity index (χ2n) is 9.19. The van der Waals surface area contributed by atoms with Gasteiger partial charge in [0.15, 0.2) is 0 Å². The molecule has 1 N–H and O–H groups in total. The number of rotatable bonds is 5. The number of nitrogens with one attached hydrogen (secondary N) is 1. The molecular weight excluding hydrogens is 406 g/mol. The molecule has 0 unspecified atom stereocenters. The lowest BCUT2D eigenvalue weighted by Crippen LogP contribution is -2.45. The van der Waals surface area contributed by atoms with E-state index >= 15 is 0 Å². The third-order valence-electron chi connectivity index (χ3n) is 6.75. The minimum absolute atomic E-state index is 0.0725. The Balaban J connectivity index is 1.23. The number of aryl methyl sites for hydroxylation is 1. The van der Waals surface area contributed by atoms with Crippen LogP contribution in [-0.4, -0.2) is 55.5 Å². The van der Waals surface area contributed by atoms with Crippen LogP contribution in [0.2, 0.25) is 0 Å². The van der Waals surface area contributed by atoms with Gasteiger partial charge >= 0.3 is 0 Å². The first-order valence-electron chi connectivity index (χ1n) is 11.8. The molecule has 5 rings (SSSR count). The fourth-order valence-electron chi connectivity index (χ4n) is 4.69. The Hall–Kier alpha value is -3.21. The Bertz CT molecular complexity index is 1140. The second kappa shape index (κ2) is 9.74. The highest BCUT2D eigenvalue weighted by molar-refractivity contribution is 6.04. The van der Waals surface area contributed by atoms with Crippen LogP contribution in [0.1, 0.15) is 27.9 Å². The number of likely N-dealkylation sites (N-methyl/N-ethyl adjacent to an activating group) is 1. The van der Waals surface area contributed by atoms with Crippen LogP contribution in [0.25, 0.3) is 17.2 Å². The molecule has 1 saturated heterocycles. The number of fused-ring (bicyclic) bond motifs is 1. The summed E-state index contributed by atoms with van der Waals surface area (Å²) in [5.74, 6) is -0.0725. The lowest BCUT2D eigenvalue weighted by Gasteiger charge is -2.33. The maximum absolute atomic E-state index is 12.8. The fraction of sp³-hybridized carbons (Fsp3) is 0.276. The van der Waals surface area contributed by atoms with Gasteiger partial charge in [-0.25, -0.2) is 0 Å². The van der Waals surface area contributed by atoms with Crippen LogP contribution in [0.3, 0.4) is 0 Å². The van der Waals surface area contributed by atoms with Gasteiger partial charge in [0, 0.05) is 44.0 Å². The summed E-state index contributed by atoms with van der Waals surface area (Å²) in [6.07, 6.45) is 4.48. The number of carbonyl (C=O) groups excluding carboxylic acids is 1. The highest BCUT2D eigenvalue weighted by Crippen LogP contribution is 2.28. The molecule has 0 radical (unpaired) electrons. The normalized spacial score (nSPS) is 16.7. The Morgan fingerprint density at radius 2 is 1.58 bits per heavy atom. The van der Waals surface area contributed by atoms with E-state index in [2.05, 4.69) is 52.5 Å². The third-order valence-corrected chi connectivity index (χ3v) is 6.75. The summed E-state index contributed by atoms with van der Waals surface area (Å²) in [7, 11) is 2.20. The summed E-state index contributed by atoms with van der Waals surface area (Å²) >= 11 is 0. The molecule has 0 bridgehead atoms. The van der Waals surface area contributed by atoms with Gasteiger partial charge < -0.3 is 10.2 Å². The first-order chi connectivity index (χ1) is 16.1. The van der Waals surface area contributed by atoms with Gasteiger partial charge in [0.05, 0.1) is 0 Å². The van der Waals surface area contributed by atoms with E-state index in [1.807, 2.05) is 48.5 Å². The molecule has 3 aromatic rings.